The van der Waals surface area contributed by atoms with Crippen LogP contribution in [0.25, 0.3) is 16.9 Å². The van der Waals surface area contributed by atoms with Crippen molar-refractivity contribution in [2.45, 2.75) is 6.92 Å². The molecule has 134 valence electrons. The van der Waals surface area contributed by atoms with E-state index in [9.17, 15) is 8.78 Å². The maximum absolute atomic E-state index is 14.2. The molecule has 0 atom stereocenters. The summed E-state index contributed by atoms with van der Waals surface area (Å²) in [6.07, 6.45) is 2.97. The van der Waals surface area contributed by atoms with Crippen molar-refractivity contribution in [2.75, 3.05) is 0 Å². The molecule has 4 rings (SSSR count). The summed E-state index contributed by atoms with van der Waals surface area (Å²) in [5, 5.41) is 12.6. The van der Waals surface area contributed by atoms with Crippen LogP contribution < -0.4 is 5.49 Å². The summed E-state index contributed by atoms with van der Waals surface area (Å²) >= 11 is 0. The summed E-state index contributed by atoms with van der Waals surface area (Å²) in [7, 11) is 0. The van der Waals surface area contributed by atoms with Gasteiger partial charge in [0.2, 0.25) is 0 Å². The second-order valence-corrected chi connectivity index (χ2v) is 5.86. The van der Waals surface area contributed by atoms with Gasteiger partial charge < -0.3 is 0 Å². The third-order valence-corrected chi connectivity index (χ3v) is 4.05. The molecular formula is C19H14F2N6. The molecule has 0 aliphatic carbocycles. The molecule has 0 radical (unpaired) electrons. The summed E-state index contributed by atoms with van der Waals surface area (Å²) < 4.78 is 30.2. The first-order chi connectivity index (χ1) is 13.0. The van der Waals surface area contributed by atoms with E-state index in [1.807, 2.05) is 30.3 Å². The number of aromatic nitrogens is 4. The highest BCUT2D eigenvalue weighted by molar-refractivity contribution is 5.79. The highest BCUT2D eigenvalue weighted by Gasteiger charge is 2.16. The average molecular weight is 364 g/mol. The first kappa shape index (κ1) is 16.8. The Bertz CT molecular complexity index is 1220. The maximum Gasteiger partial charge on any atom is 0.177 e. The minimum absolute atomic E-state index is 0.0107. The normalized spacial score (nSPS) is 11.5. The Hall–Kier alpha value is -3.68. The third-order valence-electron chi connectivity index (χ3n) is 4.05. The average Bonchev–Trinajstić information content (AvgIpc) is 2.99. The van der Waals surface area contributed by atoms with Crippen LogP contribution in [0.1, 0.15) is 11.4 Å². The van der Waals surface area contributed by atoms with Gasteiger partial charge in [0.25, 0.3) is 0 Å². The highest BCUT2D eigenvalue weighted by atomic mass is 19.1. The lowest BCUT2D eigenvalue weighted by Gasteiger charge is -2.07. The third kappa shape index (κ3) is 3.01. The van der Waals surface area contributed by atoms with E-state index < -0.39 is 11.6 Å². The molecule has 0 saturated carbocycles. The number of hydrogen-bond donors (Lipinski definition) is 1. The van der Waals surface area contributed by atoms with Crippen LogP contribution in [0.2, 0.25) is 0 Å². The van der Waals surface area contributed by atoms with E-state index in [2.05, 4.69) is 15.1 Å². The van der Waals surface area contributed by atoms with Crippen LogP contribution in [-0.4, -0.2) is 25.4 Å². The molecule has 0 aliphatic heterocycles. The van der Waals surface area contributed by atoms with Gasteiger partial charge in [-0.15, -0.1) is 0 Å². The molecule has 0 spiro atoms. The number of benzene rings is 2. The second kappa shape index (κ2) is 6.56. The fraction of sp³-hybridized carbons (Fsp3) is 0.0526. The van der Waals surface area contributed by atoms with Crippen LogP contribution >= 0.6 is 0 Å². The van der Waals surface area contributed by atoms with Crippen LogP contribution in [0.4, 0.5) is 8.78 Å². The van der Waals surface area contributed by atoms with Crippen molar-refractivity contribution >= 4 is 17.4 Å². The summed E-state index contributed by atoms with van der Waals surface area (Å²) in [5.41, 5.74) is 1.57. The fourth-order valence-corrected chi connectivity index (χ4v) is 2.78. The number of fused-ring (bicyclic) bond motifs is 1. The molecule has 6 nitrogen and oxygen atoms in total. The topological polar surface area (TPSA) is 71.8 Å². The van der Waals surface area contributed by atoms with Gasteiger partial charge in [-0.25, -0.2) is 23.4 Å². The van der Waals surface area contributed by atoms with Gasteiger partial charge in [0, 0.05) is 6.07 Å². The maximum atomic E-state index is 14.2. The lowest BCUT2D eigenvalue weighted by atomic mass is 10.2. The summed E-state index contributed by atoms with van der Waals surface area (Å²) in [5.74, 6) is -0.966. The zero-order chi connectivity index (χ0) is 19.0. The monoisotopic (exact) mass is 364 g/mol. The second-order valence-electron chi connectivity index (χ2n) is 5.86. The molecule has 1 N–H and O–H groups in total. The van der Waals surface area contributed by atoms with Crippen molar-refractivity contribution in [3.05, 3.63) is 83.4 Å². The Labute approximate surface area is 152 Å². The SMILES string of the molecule is Cc1nc2c(=N)n(/N=C\c3ccccc3)cnc2n1-c1ccc(F)cc1F. The predicted molar refractivity (Wildman–Crippen MR) is 96.8 cm³/mol. The molecule has 27 heavy (non-hydrogen) atoms. The van der Waals surface area contributed by atoms with Gasteiger partial charge in [0.15, 0.2) is 16.7 Å². The van der Waals surface area contributed by atoms with Crippen molar-refractivity contribution in [3.63, 3.8) is 0 Å². The van der Waals surface area contributed by atoms with Crippen LogP contribution in [0, 0.1) is 24.0 Å². The van der Waals surface area contributed by atoms with E-state index >= 15 is 0 Å². The minimum Gasteiger partial charge on any atom is -0.281 e. The van der Waals surface area contributed by atoms with Gasteiger partial charge in [-0.2, -0.15) is 5.10 Å². The van der Waals surface area contributed by atoms with Crippen molar-refractivity contribution in [2.24, 2.45) is 5.10 Å². The molecule has 8 heteroatoms. The van der Waals surface area contributed by atoms with Gasteiger partial charge in [-0.3, -0.25) is 9.98 Å². The van der Waals surface area contributed by atoms with E-state index in [-0.39, 0.29) is 16.7 Å². The fourth-order valence-electron chi connectivity index (χ4n) is 2.78. The van der Waals surface area contributed by atoms with E-state index in [1.165, 1.54) is 27.7 Å². The van der Waals surface area contributed by atoms with E-state index in [0.29, 0.717) is 11.5 Å². The summed E-state index contributed by atoms with van der Waals surface area (Å²) in [6.45, 7) is 1.67. The van der Waals surface area contributed by atoms with Crippen LogP contribution in [0.3, 0.4) is 0 Å². The first-order valence-electron chi connectivity index (χ1n) is 8.11. The standard InChI is InChI=1S/C19H14F2N6/c1-12-25-17-18(22)26(24-10-13-5-3-2-4-6-13)11-23-19(17)27(12)16-8-7-14(20)9-15(16)21/h2-11,22H,1H3/b22-18?,24-10-. The van der Waals surface area contributed by atoms with E-state index in [0.717, 1.165) is 11.6 Å². The molecular weight excluding hydrogens is 350 g/mol. The number of imidazole rings is 1. The van der Waals surface area contributed by atoms with E-state index in [4.69, 9.17) is 5.41 Å². The molecule has 2 heterocycles. The predicted octanol–water partition coefficient (Wildman–Crippen LogP) is 3.17. The molecule has 0 aliphatic rings. The molecule has 0 fully saturated rings. The molecule has 0 unspecified atom stereocenters. The molecule has 0 bridgehead atoms. The Morgan fingerprint density at radius 1 is 1.11 bits per heavy atom. The van der Waals surface area contributed by atoms with Gasteiger partial charge >= 0.3 is 0 Å². The molecule has 4 aromatic rings. The zero-order valence-corrected chi connectivity index (χ0v) is 14.3. The van der Waals surface area contributed by atoms with Crippen LogP contribution in [0.5, 0.6) is 0 Å². The summed E-state index contributed by atoms with van der Waals surface area (Å²) in [4.78, 5) is 8.61. The number of halogens is 2. The van der Waals surface area contributed by atoms with Gasteiger partial charge in [0.05, 0.1) is 11.9 Å². The Morgan fingerprint density at radius 2 is 1.89 bits per heavy atom. The number of nitrogens with zero attached hydrogens (tertiary/aromatic N) is 5. The lowest BCUT2D eigenvalue weighted by molar-refractivity contribution is 0.577. The van der Waals surface area contributed by atoms with Gasteiger partial charge in [0.1, 0.15) is 23.8 Å². The number of hydrogen-bond acceptors (Lipinski definition) is 4. The quantitative estimate of drug-likeness (QED) is 0.567. The van der Waals surface area contributed by atoms with Crippen LogP contribution in [0.15, 0.2) is 60.0 Å². The van der Waals surface area contributed by atoms with Crippen LogP contribution in [-0.2, 0) is 0 Å². The minimum atomic E-state index is -0.732. The number of nitrogens with one attached hydrogen (secondary N) is 1. The largest absolute Gasteiger partial charge is 0.281 e. The first-order valence-corrected chi connectivity index (χ1v) is 8.11. The summed E-state index contributed by atoms with van der Waals surface area (Å²) in [6, 6.07) is 12.7. The zero-order valence-electron chi connectivity index (χ0n) is 14.3. The number of aryl methyl sites for hydroxylation is 1. The highest BCUT2D eigenvalue weighted by Crippen LogP contribution is 2.20. The van der Waals surface area contributed by atoms with Crippen molar-refractivity contribution in [3.8, 4) is 5.69 Å². The Balaban J connectivity index is 1.84. The lowest BCUT2D eigenvalue weighted by Crippen LogP contribution is -2.18. The number of rotatable bonds is 3. The van der Waals surface area contributed by atoms with Crippen molar-refractivity contribution < 1.29 is 8.78 Å². The Kier molecular flexibility index (Phi) is 4.08. The Morgan fingerprint density at radius 3 is 2.63 bits per heavy atom. The van der Waals surface area contributed by atoms with Gasteiger partial charge in [-0.1, -0.05) is 30.3 Å². The molecule has 0 saturated heterocycles. The smallest absolute Gasteiger partial charge is 0.177 e. The van der Waals surface area contributed by atoms with Crippen molar-refractivity contribution in [1.29, 1.82) is 5.41 Å². The van der Waals surface area contributed by atoms with Crippen molar-refractivity contribution in [1.82, 2.24) is 19.2 Å². The van der Waals surface area contributed by atoms with E-state index in [1.54, 1.807) is 13.1 Å². The molecule has 2 aromatic carbocycles. The molecule has 0 amide bonds. The van der Waals surface area contributed by atoms with Gasteiger partial charge in [-0.05, 0) is 24.6 Å². The molecule has 2 aromatic heterocycles.